The molecule has 31 heavy (non-hydrogen) atoms. The normalized spacial score (nSPS) is 16.8. The molecular formula is C24H34N4O3. The molecule has 1 atom stereocenters. The van der Waals surface area contributed by atoms with Crippen LogP contribution in [0.3, 0.4) is 0 Å². The van der Waals surface area contributed by atoms with Crippen molar-refractivity contribution in [2.45, 2.75) is 77.8 Å². The van der Waals surface area contributed by atoms with Crippen LogP contribution in [0.25, 0.3) is 0 Å². The Kier molecular flexibility index (Phi) is 8.61. The molecule has 2 rings (SSSR count). The van der Waals surface area contributed by atoms with Gasteiger partial charge in [-0.3, -0.25) is 15.1 Å². The van der Waals surface area contributed by atoms with Gasteiger partial charge in [-0.25, -0.2) is 4.79 Å². The summed E-state index contributed by atoms with van der Waals surface area (Å²) in [7, 11) is 0. The van der Waals surface area contributed by atoms with Gasteiger partial charge in [0.15, 0.2) is 0 Å². The van der Waals surface area contributed by atoms with E-state index in [1.807, 2.05) is 30.3 Å². The summed E-state index contributed by atoms with van der Waals surface area (Å²) in [6.45, 7) is 8.27. The summed E-state index contributed by atoms with van der Waals surface area (Å²) in [5.41, 5.74) is -0.135. The van der Waals surface area contributed by atoms with E-state index in [9.17, 15) is 14.9 Å². The Balaban J connectivity index is 2.35. The van der Waals surface area contributed by atoms with Crippen molar-refractivity contribution >= 4 is 17.8 Å². The second-order valence-electron chi connectivity index (χ2n) is 9.19. The Morgan fingerprint density at radius 3 is 2.42 bits per heavy atom. The number of carbonyl (C=O) groups is 2. The molecule has 0 radical (unpaired) electrons. The van der Waals surface area contributed by atoms with Crippen molar-refractivity contribution < 1.29 is 14.3 Å². The molecule has 2 amide bonds. The lowest BCUT2D eigenvalue weighted by Crippen LogP contribution is -2.49. The van der Waals surface area contributed by atoms with Gasteiger partial charge in [0.1, 0.15) is 17.4 Å². The van der Waals surface area contributed by atoms with E-state index in [0.717, 1.165) is 19.3 Å². The molecule has 1 fully saturated rings. The molecule has 0 aliphatic heterocycles. The predicted octanol–water partition coefficient (Wildman–Crippen LogP) is 4.33. The standard InChI is InChI=1S/C24H34N4O3/c1-5-31-22(30)27-20(18-11-7-6-8-12-18)26-19(13-16-23(2,3)4)21(29)28-24(17-25)14-9-10-15-24/h6-8,11-12,19H,5,9-10,13-16H2,1-4H3,(H,28,29)(H,26,27,30)/t19-/m0/s1. The first-order valence-electron chi connectivity index (χ1n) is 11.0. The molecule has 1 aliphatic rings. The van der Waals surface area contributed by atoms with Gasteiger partial charge in [0.05, 0.1) is 12.7 Å². The fourth-order valence-electron chi connectivity index (χ4n) is 3.58. The summed E-state index contributed by atoms with van der Waals surface area (Å²) in [5, 5.41) is 15.3. The van der Waals surface area contributed by atoms with Crippen LogP contribution in [0.1, 0.15) is 71.8 Å². The summed E-state index contributed by atoms with van der Waals surface area (Å²) in [4.78, 5) is 30.0. The van der Waals surface area contributed by atoms with Crippen molar-refractivity contribution in [3.63, 3.8) is 0 Å². The van der Waals surface area contributed by atoms with E-state index in [0.29, 0.717) is 24.8 Å². The third-order valence-electron chi connectivity index (χ3n) is 5.33. The number of rotatable bonds is 7. The van der Waals surface area contributed by atoms with E-state index in [1.54, 1.807) is 6.92 Å². The minimum absolute atomic E-state index is 0.00973. The molecule has 0 unspecified atom stereocenters. The zero-order chi connectivity index (χ0) is 22.9. The number of hydrogen-bond acceptors (Lipinski definition) is 5. The molecule has 0 bridgehead atoms. The first-order valence-corrected chi connectivity index (χ1v) is 11.0. The van der Waals surface area contributed by atoms with E-state index >= 15 is 0 Å². The van der Waals surface area contributed by atoms with Crippen LogP contribution in [0.4, 0.5) is 4.79 Å². The Hall–Kier alpha value is -2.88. The van der Waals surface area contributed by atoms with Gasteiger partial charge in [0.25, 0.3) is 0 Å². The Bertz CT molecular complexity index is 815. The maximum atomic E-state index is 13.2. The summed E-state index contributed by atoms with van der Waals surface area (Å²) < 4.78 is 5.02. The Morgan fingerprint density at radius 1 is 1.23 bits per heavy atom. The van der Waals surface area contributed by atoms with Gasteiger partial charge in [-0.2, -0.15) is 5.26 Å². The zero-order valence-electron chi connectivity index (χ0n) is 19.0. The van der Waals surface area contributed by atoms with Gasteiger partial charge in [-0.15, -0.1) is 0 Å². The van der Waals surface area contributed by atoms with Crippen molar-refractivity contribution in [3.05, 3.63) is 35.9 Å². The SMILES string of the molecule is CCOC(=O)NC(=N[C@@H](CCC(C)(C)C)C(=O)NC1(C#N)CCCC1)c1ccccc1. The Labute approximate surface area is 185 Å². The number of nitrogens with zero attached hydrogens (tertiary/aromatic N) is 2. The first-order chi connectivity index (χ1) is 14.7. The molecule has 0 aromatic heterocycles. The maximum absolute atomic E-state index is 13.2. The number of hydrogen-bond donors (Lipinski definition) is 2. The highest BCUT2D eigenvalue weighted by molar-refractivity contribution is 6.07. The maximum Gasteiger partial charge on any atom is 0.412 e. The predicted molar refractivity (Wildman–Crippen MR) is 121 cm³/mol. The zero-order valence-corrected chi connectivity index (χ0v) is 19.0. The summed E-state index contributed by atoms with van der Waals surface area (Å²) in [5.74, 6) is -0.00247. The number of amides is 2. The van der Waals surface area contributed by atoms with Crippen LogP contribution in [-0.2, 0) is 9.53 Å². The average Bonchev–Trinajstić information content (AvgIpc) is 3.19. The fraction of sp³-hybridized carbons (Fsp3) is 0.583. The third-order valence-corrected chi connectivity index (χ3v) is 5.33. The van der Waals surface area contributed by atoms with Gasteiger partial charge in [0, 0.05) is 5.56 Å². The number of nitrogens with one attached hydrogen (secondary N) is 2. The minimum Gasteiger partial charge on any atom is -0.450 e. The summed E-state index contributed by atoms with van der Waals surface area (Å²) in [6, 6.07) is 10.7. The van der Waals surface area contributed by atoms with Crippen molar-refractivity contribution in [3.8, 4) is 6.07 Å². The molecule has 0 spiro atoms. The molecule has 1 aliphatic carbocycles. The third kappa shape index (κ3) is 7.71. The topological polar surface area (TPSA) is 104 Å². The molecule has 1 aromatic rings. The molecule has 1 aromatic carbocycles. The molecule has 1 saturated carbocycles. The van der Waals surface area contributed by atoms with Crippen LogP contribution in [-0.4, -0.2) is 36.0 Å². The number of aliphatic imine (C=N–C) groups is 1. The molecule has 7 heteroatoms. The Morgan fingerprint density at radius 2 is 1.87 bits per heavy atom. The molecule has 7 nitrogen and oxygen atoms in total. The number of alkyl carbamates (subject to hydrolysis) is 1. The van der Waals surface area contributed by atoms with Gasteiger partial charge in [-0.1, -0.05) is 51.1 Å². The van der Waals surface area contributed by atoms with Crippen LogP contribution in [0.5, 0.6) is 0 Å². The van der Waals surface area contributed by atoms with Crippen LogP contribution in [0, 0.1) is 16.7 Å². The highest BCUT2D eigenvalue weighted by Gasteiger charge is 2.37. The molecular weight excluding hydrogens is 392 g/mol. The number of carbonyl (C=O) groups excluding carboxylic acids is 2. The second-order valence-corrected chi connectivity index (χ2v) is 9.19. The number of benzene rings is 1. The van der Waals surface area contributed by atoms with Crippen molar-refractivity contribution in [1.82, 2.24) is 10.6 Å². The lowest BCUT2D eigenvalue weighted by molar-refractivity contribution is -0.123. The van der Waals surface area contributed by atoms with Gasteiger partial charge in [0.2, 0.25) is 5.91 Å². The van der Waals surface area contributed by atoms with Gasteiger partial charge in [-0.05, 0) is 50.9 Å². The number of ether oxygens (including phenoxy) is 1. The fourth-order valence-corrected chi connectivity index (χ4v) is 3.58. The smallest absolute Gasteiger partial charge is 0.412 e. The van der Waals surface area contributed by atoms with E-state index in [-0.39, 0.29) is 23.8 Å². The first kappa shape index (κ1) is 24.4. The summed E-state index contributed by atoms with van der Waals surface area (Å²) in [6.07, 6.45) is 3.78. The highest BCUT2D eigenvalue weighted by Crippen LogP contribution is 2.30. The molecule has 168 valence electrons. The number of amidine groups is 1. The minimum atomic E-state index is -0.825. The van der Waals surface area contributed by atoms with E-state index in [4.69, 9.17) is 4.74 Å². The lowest BCUT2D eigenvalue weighted by Gasteiger charge is -2.26. The van der Waals surface area contributed by atoms with Gasteiger partial charge < -0.3 is 10.1 Å². The van der Waals surface area contributed by atoms with Crippen LogP contribution >= 0.6 is 0 Å². The molecule has 2 N–H and O–H groups in total. The van der Waals surface area contributed by atoms with E-state index in [1.165, 1.54) is 0 Å². The van der Waals surface area contributed by atoms with Crippen molar-refractivity contribution in [1.29, 1.82) is 5.26 Å². The quantitative estimate of drug-likeness (QED) is 0.500. The molecule has 0 saturated heterocycles. The molecule has 0 heterocycles. The summed E-state index contributed by atoms with van der Waals surface area (Å²) >= 11 is 0. The second kappa shape index (κ2) is 10.9. The highest BCUT2D eigenvalue weighted by atomic mass is 16.5. The van der Waals surface area contributed by atoms with Crippen LogP contribution < -0.4 is 10.6 Å². The van der Waals surface area contributed by atoms with Crippen LogP contribution in [0.2, 0.25) is 0 Å². The lowest BCUT2D eigenvalue weighted by atomic mass is 9.88. The van der Waals surface area contributed by atoms with Crippen LogP contribution in [0.15, 0.2) is 35.3 Å². The monoisotopic (exact) mass is 426 g/mol. The largest absolute Gasteiger partial charge is 0.450 e. The average molecular weight is 427 g/mol. The van der Waals surface area contributed by atoms with Crippen molar-refractivity contribution in [2.24, 2.45) is 10.4 Å². The van der Waals surface area contributed by atoms with E-state index < -0.39 is 17.7 Å². The number of nitriles is 1. The van der Waals surface area contributed by atoms with E-state index in [2.05, 4.69) is 42.5 Å². The van der Waals surface area contributed by atoms with Crippen molar-refractivity contribution in [2.75, 3.05) is 6.61 Å². The van der Waals surface area contributed by atoms with Gasteiger partial charge >= 0.3 is 6.09 Å².